The van der Waals surface area contributed by atoms with Gasteiger partial charge in [-0.25, -0.2) is 4.98 Å². The molecule has 2 unspecified atom stereocenters. The van der Waals surface area contributed by atoms with Crippen LogP contribution in [0, 0.1) is 0 Å². The molecule has 4 rings (SSSR count). The molecule has 0 amide bonds. The Morgan fingerprint density at radius 1 is 1.12 bits per heavy atom. The number of pyridine rings is 1. The maximum atomic E-state index is 5.83. The van der Waals surface area contributed by atoms with Crippen LogP contribution in [0.2, 0.25) is 0 Å². The van der Waals surface area contributed by atoms with Gasteiger partial charge in [0.25, 0.3) is 0 Å². The van der Waals surface area contributed by atoms with E-state index in [0.29, 0.717) is 12.1 Å². The Labute approximate surface area is 149 Å². The molecule has 0 aliphatic carbocycles. The Morgan fingerprint density at radius 2 is 1.96 bits per heavy atom. The molecule has 4 heteroatoms. The van der Waals surface area contributed by atoms with Crippen LogP contribution in [0.5, 0.6) is 0 Å². The van der Waals surface area contributed by atoms with E-state index in [9.17, 15) is 0 Å². The van der Waals surface area contributed by atoms with Gasteiger partial charge in [-0.3, -0.25) is 4.90 Å². The highest BCUT2D eigenvalue weighted by Crippen LogP contribution is 2.33. The quantitative estimate of drug-likeness (QED) is 0.858. The first-order valence-electron chi connectivity index (χ1n) is 8.92. The molecule has 2 aliphatic rings. The highest BCUT2D eigenvalue weighted by Gasteiger charge is 2.34. The van der Waals surface area contributed by atoms with Gasteiger partial charge in [-0.2, -0.15) is 0 Å². The molecule has 130 valence electrons. The second-order valence-electron chi connectivity index (χ2n) is 7.11. The van der Waals surface area contributed by atoms with Crippen LogP contribution < -0.4 is 4.90 Å². The fourth-order valence-corrected chi connectivity index (χ4v) is 3.76. The van der Waals surface area contributed by atoms with Crippen molar-refractivity contribution < 1.29 is 4.74 Å². The minimum atomic E-state index is 0.344. The Kier molecular flexibility index (Phi) is 4.55. The predicted octanol–water partition coefficient (Wildman–Crippen LogP) is 3.20. The standard InChI is InChI=1S/C21H25N3O/c1-23(2)21-9-8-17(12-22-21)18-10-19-14-25-15-20(11-18)24(19)13-16-6-4-3-5-7-16/h3-10,12,19-20H,11,13-15H2,1-2H3. The van der Waals surface area contributed by atoms with Crippen molar-refractivity contribution >= 4 is 11.4 Å². The number of ether oxygens (including phenoxy) is 1. The van der Waals surface area contributed by atoms with E-state index in [1.54, 1.807) is 0 Å². The van der Waals surface area contributed by atoms with E-state index in [4.69, 9.17) is 4.74 Å². The third kappa shape index (κ3) is 3.46. The average molecular weight is 335 g/mol. The molecule has 1 saturated heterocycles. The van der Waals surface area contributed by atoms with Crippen LogP contribution in [0.15, 0.2) is 54.7 Å². The summed E-state index contributed by atoms with van der Waals surface area (Å²) in [6.45, 7) is 2.57. The van der Waals surface area contributed by atoms with Crippen molar-refractivity contribution in [3.05, 3.63) is 65.9 Å². The molecular weight excluding hydrogens is 310 g/mol. The van der Waals surface area contributed by atoms with E-state index >= 15 is 0 Å². The van der Waals surface area contributed by atoms with E-state index in [-0.39, 0.29) is 0 Å². The minimum Gasteiger partial charge on any atom is -0.378 e. The Morgan fingerprint density at radius 3 is 2.64 bits per heavy atom. The van der Waals surface area contributed by atoms with E-state index in [1.165, 1.54) is 16.7 Å². The zero-order chi connectivity index (χ0) is 17.2. The monoisotopic (exact) mass is 335 g/mol. The first-order chi connectivity index (χ1) is 12.2. The molecule has 0 spiro atoms. The second-order valence-corrected chi connectivity index (χ2v) is 7.11. The molecule has 0 saturated carbocycles. The summed E-state index contributed by atoms with van der Waals surface area (Å²) in [6.07, 6.45) is 5.40. The van der Waals surface area contributed by atoms with Crippen molar-refractivity contribution in [2.24, 2.45) is 0 Å². The molecule has 1 fully saturated rings. The summed E-state index contributed by atoms with van der Waals surface area (Å²) in [5.74, 6) is 0.995. The molecule has 3 heterocycles. The maximum absolute atomic E-state index is 5.83. The lowest BCUT2D eigenvalue weighted by Crippen LogP contribution is -2.53. The van der Waals surface area contributed by atoms with Gasteiger partial charge in [-0.1, -0.05) is 36.4 Å². The topological polar surface area (TPSA) is 28.6 Å². The van der Waals surface area contributed by atoms with E-state index < -0.39 is 0 Å². The Balaban J connectivity index is 1.56. The minimum absolute atomic E-state index is 0.344. The molecule has 2 atom stereocenters. The van der Waals surface area contributed by atoms with Gasteiger partial charge in [-0.05, 0) is 35.3 Å². The average Bonchev–Trinajstić information content (AvgIpc) is 2.62. The van der Waals surface area contributed by atoms with Crippen LogP contribution >= 0.6 is 0 Å². The van der Waals surface area contributed by atoms with Crippen LogP contribution in [-0.2, 0) is 11.3 Å². The molecule has 0 radical (unpaired) electrons. The largest absolute Gasteiger partial charge is 0.378 e. The Hall–Kier alpha value is -2.17. The lowest BCUT2D eigenvalue weighted by Gasteiger charge is -2.44. The normalized spacial score (nSPS) is 23.2. The summed E-state index contributed by atoms with van der Waals surface area (Å²) >= 11 is 0. The van der Waals surface area contributed by atoms with Crippen LogP contribution in [0.1, 0.15) is 17.5 Å². The summed E-state index contributed by atoms with van der Waals surface area (Å²) in [7, 11) is 4.04. The van der Waals surface area contributed by atoms with Gasteiger partial charge in [0, 0.05) is 32.9 Å². The van der Waals surface area contributed by atoms with Gasteiger partial charge in [0.05, 0.1) is 19.3 Å². The summed E-state index contributed by atoms with van der Waals surface area (Å²) in [5, 5.41) is 0. The molecule has 2 aromatic rings. The van der Waals surface area contributed by atoms with Crippen molar-refractivity contribution in [2.45, 2.75) is 25.0 Å². The zero-order valence-corrected chi connectivity index (χ0v) is 14.9. The third-order valence-electron chi connectivity index (χ3n) is 5.13. The molecular formula is C21H25N3O. The van der Waals surface area contributed by atoms with E-state index in [1.807, 2.05) is 25.2 Å². The zero-order valence-electron chi connectivity index (χ0n) is 14.9. The first kappa shape index (κ1) is 16.3. The number of anilines is 1. The van der Waals surface area contributed by atoms with E-state index in [0.717, 1.165) is 32.0 Å². The number of benzene rings is 1. The number of aromatic nitrogens is 1. The summed E-state index contributed by atoms with van der Waals surface area (Å²) < 4.78 is 5.83. The Bertz CT molecular complexity index is 739. The molecule has 1 aromatic carbocycles. The molecule has 25 heavy (non-hydrogen) atoms. The maximum Gasteiger partial charge on any atom is 0.127 e. The van der Waals surface area contributed by atoms with Crippen LogP contribution in [-0.4, -0.2) is 49.3 Å². The predicted molar refractivity (Wildman–Crippen MR) is 102 cm³/mol. The fraction of sp³-hybridized carbons (Fsp3) is 0.381. The van der Waals surface area contributed by atoms with Crippen LogP contribution in [0.4, 0.5) is 5.82 Å². The van der Waals surface area contributed by atoms with Gasteiger partial charge in [-0.15, -0.1) is 0 Å². The molecule has 4 nitrogen and oxygen atoms in total. The van der Waals surface area contributed by atoms with Gasteiger partial charge in [0.1, 0.15) is 5.82 Å². The molecule has 2 aliphatic heterocycles. The number of hydrogen-bond donors (Lipinski definition) is 0. The highest BCUT2D eigenvalue weighted by atomic mass is 16.5. The number of nitrogens with zero attached hydrogens (tertiary/aromatic N) is 3. The number of rotatable bonds is 4. The van der Waals surface area contributed by atoms with Crippen LogP contribution in [0.3, 0.4) is 0 Å². The van der Waals surface area contributed by atoms with Gasteiger partial charge in [0.15, 0.2) is 0 Å². The van der Waals surface area contributed by atoms with Crippen LogP contribution in [0.25, 0.3) is 5.57 Å². The lowest BCUT2D eigenvalue weighted by molar-refractivity contribution is -0.0402. The first-order valence-corrected chi connectivity index (χ1v) is 8.92. The summed E-state index contributed by atoms with van der Waals surface area (Å²) in [5.41, 5.74) is 4.01. The van der Waals surface area contributed by atoms with Gasteiger partial charge >= 0.3 is 0 Å². The smallest absolute Gasteiger partial charge is 0.127 e. The van der Waals surface area contributed by atoms with Crippen molar-refractivity contribution in [3.8, 4) is 0 Å². The van der Waals surface area contributed by atoms with E-state index in [2.05, 4.69) is 58.4 Å². The number of morpholine rings is 1. The SMILES string of the molecule is CN(C)c1ccc(C2=CC3COCC(C2)N3Cc2ccccc2)cn1. The highest BCUT2D eigenvalue weighted by molar-refractivity contribution is 5.68. The van der Waals surface area contributed by atoms with Gasteiger partial charge in [0.2, 0.25) is 0 Å². The fourth-order valence-electron chi connectivity index (χ4n) is 3.76. The lowest BCUT2D eigenvalue weighted by atomic mass is 9.90. The second kappa shape index (κ2) is 6.98. The third-order valence-corrected chi connectivity index (χ3v) is 5.13. The number of fused-ring (bicyclic) bond motifs is 2. The van der Waals surface area contributed by atoms with Crippen molar-refractivity contribution in [1.29, 1.82) is 0 Å². The molecule has 1 aromatic heterocycles. The summed E-state index contributed by atoms with van der Waals surface area (Å²) in [4.78, 5) is 9.19. The van der Waals surface area contributed by atoms with Gasteiger partial charge < -0.3 is 9.64 Å². The molecule has 2 bridgehead atoms. The van der Waals surface area contributed by atoms with Crippen molar-refractivity contribution in [3.63, 3.8) is 0 Å². The summed E-state index contributed by atoms with van der Waals surface area (Å²) in [6, 6.07) is 15.8. The number of hydrogen-bond acceptors (Lipinski definition) is 4. The van der Waals surface area contributed by atoms with Crippen molar-refractivity contribution in [2.75, 3.05) is 32.2 Å². The van der Waals surface area contributed by atoms with Crippen molar-refractivity contribution in [1.82, 2.24) is 9.88 Å². The molecule has 0 N–H and O–H groups in total.